The Balaban J connectivity index is 1.24. The summed E-state index contributed by atoms with van der Waals surface area (Å²) in [7, 11) is 0. The van der Waals surface area contributed by atoms with Gasteiger partial charge in [-0.15, -0.1) is 0 Å². The zero-order valence-corrected chi connectivity index (χ0v) is 18.8. The molecule has 4 rings (SSSR count). The van der Waals surface area contributed by atoms with Crippen LogP contribution in [0.25, 0.3) is 0 Å². The number of carbonyl (C=O) groups excluding carboxylic acids is 1. The number of pyridine rings is 1. The summed E-state index contributed by atoms with van der Waals surface area (Å²) < 4.78 is 0. The van der Waals surface area contributed by atoms with Crippen molar-refractivity contribution in [3.8, 4) is 0 Å². The quantitative estimate of drug-likeness (QED) is 0.656. The molecular weight excluding hydrogens is 384 g/mol. The lowest BCUT2D eigenvalue weighted by molar-refractivity contribution is -0.121. The van der Waals surface area contributed by atoms with Crippen molar-refractivity contribution in [2.75, 3.05) is 41.3 Å². The van der Waals surface area contributed by atoms with Crippen LogP contribution in [-0.2, 0) is 4.79 Å². The van der Waals surface area contributed by atoms with Gasteiger partial charge in [0.15, 0.2) is 0 Å². The monoisotopic (exact) mass is 420 g/mol. The van der Waals surface area contributed by atoms with Gasteiger partial charge < -0.3 is 15.1 Å². The second-order valence-electron chi connectivity index (χ2n) is 9.06. The van der Waals surface area contributed by atoms with E-state index in [9.17, 15) is 4.79 Å². The molecule has 1 N–H and O–H groups in total. The number of benzene rings is 1. The van der Waals surface area contributed by atoms with Crippen LogP contribution in [0.5, 0.6) is 0 Å². The SMILES string of the molecule is CCCCC1CCC(C(=O)Nc2ccc(N3CCN(c4ccccc4)CC3)nc2)CC1. The van der Waals surface area contributed by atoms with Gasteiger partial charge in [0.25, 0.3) is 0 Å². The van der Waals surface area contributed by atoms with Gasteiger partial charge in [-0.25, -0.2) is 4.98 Å². The van der Waals surface area contributed by atoms with Crippen molar-refractivity contribution >= 4 is 23.1 Å². The van der Waals surface area contributed by atoms with E-state index in [1.807, 2.05) is 18.3 Å². The van der Waals surface area contributed by atoms with Crippen LogP contribution < -0.4 is 15.1 Å². The van der Waals surface area contributed by atoms with Gasteiger partial charge in [-0.3, -0.25) is 4.79 Å². The van der Waals surface area contributed by atoms with Crippen LogP contribution >= 0.6 is 0 Å². The summed E-state index contributed by atoms with van der Waals surface area (Å²) in [5.41, 5.74) is 2.09. The van der Waals surface area contributed by atoms with Crippen molar-refractivity contribution in [3.05, 3.63) is 48.7 Å². The number of aromatic nitrogens is 1. The molecule has 0 unspecified atom stereocenters. The van der Waals surface area contributed by atoms with Gasteiger partial charge in [0.1, 0.15) is 5.82 Å². The van der Waals surface area contributed by atoms with E-state index in [2.05, 4.69) is 57.4 Å². The maximum absolute atomic E-state index is 12.7. The second kappa shape index (κ2) is 10.7. The molecule has 1 aliphatic carbocycles. The van der Waals surface area contributed by atoms with Gasteiger partial charge in [-0.1, -0.05) is 44.4 Å². The van der Waals surface area contributed by atoms with E-state index in [-0.39, 0.29) is 11.8 Å². The molecule has 5 nitrogen and oxygen atoms in total. The number of unbranched alkanes of at least 4 members (excludes halogenated alkanes) is 1. The number of anilines is 3. The van der Waals surface area contributed by atoms with Gasteiger partial charge >= 0.3 is 0 Å². The minimum atomic E-state index is 0.156. The molecule has 1 saturated carbocycles. The molecule has 0 atom stereocenters. The molecule has 2 fully saturated rings. The molecule has 1 saturated heterocycles. The molecule has 0 spiro atoms. The third-order valence-electron chi connectivity index (χ3n) is 6.92. The average molecular weight is 421 g/mol. The Hall–Kier alpha value is -2.56. The topological polar surface area (TPSA) is 48.5 Å². The molecular formula is C26H36N4O. The van der Waals surface area contributed by atoms with Crippen molar-refractivity contribution < 1.29 is 4.79 Å². The number of amides is 1. The molecule has 0 bridgehead atoms. The molecule has 2 aliphatic rings. The summed E-state index contributed by atoms with van der Waals surface area (Å²) in [6.07, 6.45) is 10.2. The Morgan fingerprint density at radius 2 is 1.68 bits per heavy atom. The van der Waals surface area contributed by atoms with Crippen molar-refractivity contribution in [1.82, 2.24) is 4.98 Å². The second-order valence-corrected chi connectivity index (χ2v) is 9.06. The van der Waals surface area contributed by atoms with Gasteiger partial charge in [0.2, 0.25) is 5.91 Å². The van der Waals surface area contributed by atoms with Gasteiger partial charge in [-0.2, -0.15) is 0 Å². The Bertz CT molecular complexity index is 807. The molecule has 1 amide bonds. The molecule has 2 heterocycles. The summed E-state index contributed by atoms with van der Waals surface area (Å²) in [6, 6.07) is 14.6. The van der Waals surface area contributed by atoms with Crippen molar-refractivity contribution in [2.24, 2.45) is 11.8 Å². The first-order valence-corrected chi connectivity index (χ1v) is 12.0. The Morgan fingerprint density at radius 1 is 0.968 bits per heavy atom. The number of hydrogen-bond donors (Lipinski definition) is 1. The first-order chi connectivity index (χ1) is 15.2. The number of nitrogens with zero attached hydrogens (tertiary/aromatic N) is 3. The van der Waals surface area contributed by atoms with Crippen LogP contribution in [0.2, 0.25) is 0 Å². The number of piperazine rings is 1. The lowest BCUT2D eigenvalue weighted by Crippen LogP contribution is -2.46. The average Bonchev–Trinajstić information content (AvgIpc) is 2.84. The van der Waals surface area contributed by atoms with Crippen molar-refractivity contribution in [2.45, 2.75) is 51.9 Å². The van der Waals surface area contributed by atoms with Crippen LogP contribution in [-0.4, -0.2) is 37.1 Å². The largest absolute Gasteiger partial charge is 0.368 e. The minimum absolute atomic E-state index is 0.156. The van der Waals surface area contributed by atoms with Gasteiger partial charge in [0.05, 0.1) is 11.9 Å². The Kier molecular flexibility index (Phi) is 7.44. The summed E-state index contributed by atoms with van der Waals surface area (Å²) in [6.45, 7) is 6.14. The van der Waals surface area contributed by atoms with E-state index in [0.717, 1.165) is 56.4 Å². The van der Waals surface area contributed by atoms with E-state index in [1.165, 1.54) is 37.8 Å². The normalized spacial score (nSPS) is 21.7. The van der Waals surface area contributed by atoms with Crippen LogP contribution in [0.15, 0.2) is 48.7 Å². The zero-order chi connectivity index (χ0) is 21.5. The molecule has 1 aromatic heterocycles. The minimum Gasteiger partial charge on any atom is -0.368 e. The third-order valence-corrected chi connectivity index (χ3v) is 6.92. The van der Waals surface area contributed by atoms with Crippen molar-refractivity contribution in [3.63, 3.8) is 0 Å². The van der Waals surface area contributed by atoms with E-state index < -0.39 is 0 Å². The van der Waals surface area contributed by atoms with E-state index in [0.29, 0.717) is 0 Å². The molecule has 166 valence electrons. The number of hydrogen-bond acceptors (Lipinski definition) is 4. The highest BCUT2D eigenvalue weighted by Gasteiger charge is 2.26. The number of rotatable bonds is 7. The molecule has 5 heteroatoms. The Morgan fingerprint density at radius 3 is 2.32 bits per heavy atom. The predicted octanol–water partition coefficient (Wildman–Crippen LogP) is 5.34. The molecule has 1 aliphatic heterocycles. The summed E-state index contributed by atoms with van der Waals surface area (Å²) >= 11 is 0. The maximum atomic E-state index is 12.7. The maximum Gasteiger partial charge on any atom is 0.227 e. The summed E-state index contributed by atoms with van der Waals surface area (Å²) in [5.74, 6) is 2.14. The smallest absolute Gasteiger partial charge is 0.227 e. The molecule has 2 aromatic rings. The first-order valence-electron chi connectivity index (χ1n) is 12.0. The van der Waals surface area contributed by atoms with Crippen LogP contribution in [0.3, 0.4) is 0 Å². The fraction of sp³-hybridized carbons (Fsp3) is 0.538. The lowest BCUT2D eigenvalue weighted by atomic mass is 9.79. The first kappa shape index (κ1) is 21.7. The van der Waals surface area contributed by atoms with Crippen LogP contribution in [0.4, 0.5) is 17.2 Å². The van der Waals surface area contributed by atoms with Gasteiger partial charge in [-0.05, 0) is 55.9 Å². The van der Waals surface area contributed by atoms with Crippen molar-refractivity contribution in [1.29, 1.82) is 0 Å². The van der Waals surface area contributed by atoms with Crippen LogP contribution in [0.1, 0.15) is 51.9 Å². The lowest BCUT2D eigenvalue weighted by Gasteiger charge is -2.36. The van der Waals surface area contributed by atoms with Crippen LogP contribution in [0, 0.1) is 11.8 Å². The number of para-hydroxylation sites is 1. The van der Waals surface area contributed by atoms with E-state index in [1.54, 1.807) is 0 Å². The van der Waals surface area contributed by atoms with E-state index in [4.69, 9.17) is 0 Å². The standard InChI is InChI=1S/C26H36N4O/c1-2-3-7-21-10-12-22(13-11-21)26(31)28-23-14-15-25(27-20-23)30-18-16-29(17-19-30)24-8-5-4-6-9-24/h4-6,8-9,14-15,20-22H,2-3,7,10-13,16-19H2,1H3,(H,28,31). The van der Waals surface area contributed by atoms with Gasteiger partial charge in [0, 0.05) is 37.8 Å². The highest BCUT2D eigenvalue weighted by Crippen LogP contribution is 2.32. The fourth-order valence-electron chi connectivity index (χ4n) is 4.93. The molecule has 1 aromatic carbocycles. The summed E-state index contributed by atoms with van der Waals surface area (Å²) in [4.78, 5) is 22.1. The predicted molar refractivity (Wildman–Crippen MR) is 129 cm³/mol. The third kappa shape index (κ3) is 5.78. The number of nitrogens with one attached hydrogen (secondary N) is 1. The van der Waals surface area contributed by atoms with E-state index >= 15 is 0 Å². The zero-order valence-electron chi connectivity index (χ0n) is 18.8. The highest BCUT2D eigenvalue weighted by molar-refractivity contribution is 5.92. The number of carbonyl (C=O) groups is 1. The fourth-order valence-corrected chi connectivity index (χ4v) is 4.93. The summed E-state index contributed by atoms with van der Waals surface area (Å²) in [5, 5.41) is 3.10. The molecule has 0 radical (unpaired) electrons. The highest BCUT2D eigenvalue weighted by atomic mass is 16.1. The Labute approximate surface area is 186 Å². The molecule has 31 heavy (non-hydrogen) atoms.